The van der Waals surface area contributed by atoms with Gasteiger partial charge in [-0.1, -0.05) is 0 Å². The zero-order valence-electron chi connectivity index (χ0n) is 8.50. The summed E-state index contributed by atoms with van der Waals surface area (Å²) in [6.45, 7) is 1.35. The molecule has 2 rings (SSSR count). The number of aromatic nitrogens is 2. The summed E-state index contributed by atoms with van der Waals surface area (Å²) in [6, 6.07) is 3.06. The normalized spacial score (nSPS) is 17.4. The SMILES string of the molecule is O=C(O)c1ccc(N2CCS(=O)CC2)nn1. The number of hydrogen-bond acceptors (Lipinski definition) is 5. The summed E-state index contributed by atoms with van der Waals surface area (Å²) in [5.74, 6) is 0.811. The van der Waals surface area contributed by atoms with Crippen LogP contribution in [0.25, 0.3) is 0 Å². The van der Waals surface area contributed by atoms with E-state index in [4.69, 9.17) is 5.11 Å². The van der Waals surface area contributed by atoms with Gasteiger partial charge in [-0.05, 0) is 12.1 Å². The first-order chi connectivity index (χ1) is 7.66. The molecule has 1 fully saturated rings. The Balaban J connectivity index is 2.10. The molecule has 0 amide bonds. The van der Waals surface area contributed by atoms with Crippen molar-refractivity contribution >= 4 is 22.6 Å². The van der Waals surface area contributed by atoms with E-state index in [1.54, 1.807) is 6.07 Å². The van der Waals surface area contributed by atoms with E-state index >= 15 is 0 Å². The van der Waals surface area contributed by atoms with E-state index in [9.17, 15) is 9.00 Å². The van der Waals surface area contributed by atoms with E-state index < -0.39 is 16.8 Å². The van der Waals surface area contributed by atoms with Gasteiger partial charge in [0, 0.05) is 35.4 Å². The van der Waals surface area contributed by atoms with Crippen LogP contribution in [0.3, 0.4) is 0 Å². The second kappa shape index (κ2) is 4.56. The van der Waals surface area contributed by atoms with Gasteiger partial charge in [-0.25, -0.2) is 4.79 Å². The van der Waals surface area contributed by atoms with Crippen molar-refractivity contribution in [3.8, 4) is 0 Å². The fraction of sp³-hybridized carbons (Fsp3) is 0.444. The minimum Gasteiger partial charge on any atom is -0.476 e. The smallest absolute Gasteiger partial charge is 0.356 e. The van der Waals surface area contributed by atoms with E-state index in [-0.39, 0.29) is 5.69 Å². The molecule has 86 valence electrons. The first-order valence-corrected chi connectivity index (χ1v) is 6.32. The highest BCUT2D eigenvalue weighted by molar-refractivity contribution is 7.85. The predicted octanol–water partition coefficient (Wildman–Crippen LogP) is -0.257. The topological polar surface area (TPSA) is 83.4 Å². The molecular weight excluding hydrogens is 230 g/mol. The maximum atomic E-state index is 11.2. The second-order valence-corrected chi connectivity index (χ2v) is 5.11. The Labute approximate surface area is 94.7 Å². The lowest BCUT2D eigenvalue weighted by atomic mass is 10.3. The number of carbonyl (C=O) groups is 1. The van der Waals surface area contributed by atoms with Gasteiger partial charge < -0.3 is 10.0 Å². The number of nitrogens with zero attached hydrogens (tertiary/aromatic N) is 3. The van der Waals surface area contributed by atoms with Crippen LogP contribution >= 0.6 is 0 Å². The molecule has 1 aliphatic rings. The first kappa shape index (κ1) is 11.0. The Kier molecular flexibility index (Phi) is 3.14. The molecule has 1 N–H and O–H groups in total. The van der Waals surface area contributed by atoms with Crippen molar-refractivity contribution in [2.45, 2.75) is 0 Å². The Morgan fingerprint density at radius 3 is 2.50 bits per heavy atom. The number of hydrogen-bond donors (Lipinski definition) is 1. The predicted molar refractivity (Wildman–Crippen MR) is 59.1 cm³/mol. The van der Waals surface area contributed by atoms with Crippen molar-refractivity contribution in [2.24, 2.45) is 0 Å². The number of aromatic carboxylic acids is 1. The van der Waals surface area contributed by atoms with E-state index in [0.29, 0.717) is 30.4 Å². The lowest BCUT2D eigenvalue weighted by Crippen LogP contribution is -2.38. The van der Waals surface area contributed by atoms with Crippen LogP contribution in [0.1, 0.15) is 10.5 Å². The van der Waals surface area contributed by atoms with Crippen LogP contribution in [0.2, 0.25) is 0 Å². The van der Waals surface area contributed by atoms with E-state index in [1.165, 1.54) is 6.07 Å². The van der Waals surface area contributed by atoms with E-state index in [1.807, 2.05) is 4.90 Å². The molecule has 16 heavy (non-hydrogen) atoms. The molecule has 0 spiro atoms. The van der Waals surface area contributed by atoms with Gasteiger partial charge in [-0.3, -0.25) is 4.21 Å². The molecule has 0 bridgehead atoms. The maximum Gasteiger partial charge on any atom is 0.356 e. The summed E-state index contributed by atoms with van der Waals surface area (Å²) >= 11 is 0. The highest BCUT2D eigenvalue weighted by Gasteiger charge is 2.17. The number of rotatable bonds is 2. The van der Waals surface area contributed by atoms with Crippen LogP contribution < -0.4 is 4.90 Å². The minimum absolute atomic E-state index is 0.0654. The molecule has 0 atom stereocenters. The standard InChI is InChI=1S/C9H11N3O3S/c13-9(14)7-1-2-8(11-10-7)12-3-5-16(15)6-4-12/h1-2H,3-6H2,(H,13,14). The second-order valence-electron chi connectivity index (χ2n) is 3.42. The summed E-state index contributed by atoms with van der Waals surface area (Å²) in [4.78, 5) is 12.5. The molecule has 0 radical (unpaired) electrons. The first-order valence-electron chi connectivity index (χ1n) is 4.84. The van der Waals surface area contributed by atoms with Gasteiger partial charge in [0.1, 0.15) is 0 Å². The monoisotopic (exact) mass is 241 g/mol. The maximum absolute atomic E-state index is 11.2. The van der Waals surface area contributed by atoms with Crippen LogP contribution in [-0.2, 0) is 10.8 Å². The quantitative estimate of drug-likeness (QED) is 0.768. The van der Waals surface area contributed by atoms with Crippen molar-refractivity contribution < 1.29 is 14.1 Å². The highest BCUT2D eigenvalue weighted by Crippen LogP contribution is 2.12. The van der Waals surface area contributed by atoms with Crippen LogP contribution in [0, 0.1) is 0 Å². The van der Waals surface area contributed by atoms with Gasteiger partial charge in [0.25, 0.3) is 0 Å². The average Bonchev–Trinajstić information content (AvgIpc) is 2.30. The molecule has 0 saturated carbocycles. The minimum atomic E-state index is -1.08. The Hall–Kier alpha value is -1.50. The summed E-state index contributed by atoms with van der Waals surface area (Å²) in [7, 11) is -0.730. The van der Waals surface area contributed by atoms with E-state index in [2.05, 4.69) is 10.2 Å². The molecular formula is C9H11N3O3S. The van der Waals surface area contributed by atoms with Gasteiger partial charge in [-0.15, -0.1) is 10.2 Å². The molecule has 1 aromatic heterocycles. The number of anilines is 1. The molecule has 1 saturated heterocycles. The van der Waals surface area contributed by atoms with Gasteiger partial charge in [-0.2, -0.15) is 0 Å². The van der Waals surface area contributed by atoms with Crippen LogP contribution in [0.5, 0.6) is 0 Å². The van der Waals surface area contributed by atoms with Gasteiger partial charge in [0.2, 0.25) is 0 Å². The highest BCUT2D eigenvalue weighted by atomic mass is 32.2. The molecule has 2 heterocycles. The summed E-state index contributed by atoms with van der Waals surface area (Å²) < 4.78 is 11.2. The zero-order chi connectivity index (χ0) is 11.5. The lowest BCUT2D eigenvalue weighted by molar-refractivity contribution is 0.0689. The van der Waals surface area contributed by atoms with Crippen molar-refractivity contribution in [2.75, 3.05) is 29.5 Å². The molecule has 0 unspecified atom stereocenters. The molecule has 1 aliphatic heterocycles. The van der Waals surface area contributed by atoms with Crippen molar-refractivity contribution in [3.05, 3.63) is 17.8 Å². The molecule has 1 aromatic rings. The summed E-state index contributed by atoms with van der Waals surface area (Å²) in [5, 5.41) is 16.1. The van der Waals surface area contributed by atoms with Gasteiger partial charge >= 0.3 is 5.97 Å². The largest absolute Gasteiger partial charge is 0.476 e. The summed E-state index contributed by atoms with van der Waals surface area (Å²) in [5.41, 5.74) is -0.0654. The van der Waals surface area contributed by atoms with Crippen LogP contribution in [-0.4, -0.2) is 50.1 Å². The summed E-state index contributed by atoms with van der Waals surface area (Å²) in [6.07, 6.45) is 0. The van der Waals surface area contributed by atoms with Crippen molar-refractivity contribution in [1.82, 2.24) is 10.2 Å². The average molecular weight is 241 g/mol. The zero-order valence-corrected chi connectivity index (χ0v) is 9.31. The third kappa shape index (κ3) is 2.35. The number of carboxylic acids is 1. The van der Waals surface area contributed by atoms with Gasteiger partial charge in [0.05, 0.1) is 0 Å². The Morgan fingerprint density at radius 2 is 2.00 bits per heavy atom. The Bertz CT molecular complexity index is 411. The third-order valence-electron chi connectivity index (χ3n) is 2.37. The Morgan fingerprint density at radius 1 is 1.31 bits per heavy atom. The van der Waals surface area contributed by atoms with Crippen molar-refractivity contribution in [3.63, 3.8) is 0 Å². The number of carboxylic acid groups (broad SMARTS) is 1. The molecule has 6 nitrogen and oxygen atoms in total. The molecule has 0 aromatic carbocycles. The van der Waals surface area contributed by atoms with Crippen LogP contribution in [0.4, 0.5) is 5.82 Å². The lowest BCUT2D eigenvalue weighted by Gasteiger charge is -2.26. The molecule has 0 aliphatic carbocycles. The fourth-order valence-electron chi connectivity index (χ4n) is 1.47. The molecule has 7 heteroatoms. The fourth-order valence-corrected chi connectivity index (χ4v) is 2.53. The van der Waals surface area contributed by atoms with Crippen molar-refractivity contribution in [1.29, 1.82) is 0 Å². The van der Waals surface area contributed by atoms with E-state index in [0.717, 1.165) is 0 Å². The van der Waals surface area contributed by atoms with Gasteiger partial charge in [0.15, 0.2) is 11.5 Å². The van der Waals surface area contributed by atoms with Crippen LogP contribution in [0.15, 0.2) is 12.1 Å². The third-order valence-corrected chi connectivity index (χ3v) is 3.65.